The number of hydrogen-bond donors (Lipinski definition) is 0. The molecule has 0 aliphatic carbocycles. The van der Waals surface area contributed by atoms with Gasteiger partial charge in [0, 0.05) is 26.2 Å². The molecule has 2 heterocycles. The molecule has 2 aromatic rings. The molecule has 0 radical (unpaired) electrons. The highest BCUT2D eigenvalue weighted by molar-refractivity contribution is 5.92. The Balaban J connectivity index is 1.82. The molecular weight excluding hydrogens is 286 g/mol. The fourth-order valence-electron chi connectivity index (χ4n) is 3.38. The van der Waals surface area contributed by atoms with Crippen molar-refractivity contribution in [3.8, 4) is 0 Å². The standard InChI is InChI=1S/C19H25N3O/c1-13-8-9-16(14(2)11-13)15(3)21(4)19(23)17-12-22-10-6-5-7-18(22)20-17/h8-9,11-12,15H,5-7,10H2,1-4H3/t15-/m0/s1. The molecule has 0 N–H and O–H groups in total. The van der Waals surface area contributed by atoms with E-state index in [-0.39, 0.29) is 11.9 Å². The maximum atomic E-state index is 12.8. The van der Waals surface area contributed by atoms with Crippen LogP contribution in [0.4, 0.5) is 0 Å². The van der Waals surface area contributed by atoms with E-state index in [1.165, 1.54) is 29.5 Å². The molecule has 1 aromatic carbocycles. The Kier molecular flexibility index (Phi) is 4.24. The average molecular weight is 311 g/mol. The molecule has 0 saturated heterocycles. The van der Waals surface area contributed by atoms with Crippen molar-refractivity contribution < 1.29 is 4.79 Å². The highest BCUT2D eigenvalue weighted by atomic mass is 16.2. The molecule has 122 valence electrons. The van der Waals surface area contributed by atoms with Gasteiger partial charge in [0.15, 0.2) is 0 Å². The van der Waals surface area contributed by atoms with Crippen LogP contribution in [-0.4, -0.2) is 27.4 Å². The van der Waals surface area contributed by atoms with Crippen LogP contribution in [-0.2, 0) is 13.0 Å². The molecule has 3 rings (SSSR count). The molecule has 1 aliphatic heterocycles. The predicted octanol–water partition coefficient (Wildman–Crippen LogP) is 3.67. The maximum absolute atomic E-state index is 12.8. The molecule has 1 aromatic heterocycles. The van der Waals surface area contributed by atoms with Crippen LogP contribution in [0.2, 0.25) is 0 Å². The van der Waals surface area contributed by atoms with E-state index in [4.69, 9.17) is 0 Å². The largest absolute Gasteiger partial charge is 0.334 e. The fourth-order valence-corrected chi connectivity index (χ4v) is 3.38. The second-order valence-corrected chi connectivity index (χ2v) is 6.64. The van der Waals surface area contributed by atoms with E-state index in [0.717, 1.165) is 18.8 Å². The molecule has 0 fully saturated rings. The van der Waals surface area contributed by atoms with Crippen LogP contribution < -0.4 is 0 Å². The van der Waals surface area contributed by atoms with Gasteiger partial charge in [-0.25, -0.2) is 4.98 Å². The summed E-state index contributed by atoms with van der Waals surface area (Å²) in [5.74, 6) is 1.05. The first-order valence-corrected chi connectivity index (χ1v) is 8.37. The van der Waals surface area contributed by atoms with Crippen LogP contribution in [0.1, 0.15) is 58.8 Å². The Bertz CT molecular complexity index is 709. The van der Waals surface area contributed by atoms with E-state index in [9.17, 15) is 4.79 Å². The Labute approximate surface area is 138 Å². The molecule has 1 amide bonds. The van der Waals surface area contributed by atoms with Gasteiger partial charge in [0.1, 0.15) is 11.5 Å². The third-order valence-electron chi connectivity index (χ3n) is 4.90. The lowest BCUT2D eigenvalue weighted by Crippen LogP contribution is -2.30. The lowest BCUT2D eigenvalue weighted by atomic mass is 9.99. The van der Waals surface area contributed by atoms with Crippen molar-refractivity contribution in [3.63, 3.8) is 0 Å². The second kappa shape index (κ2) is 6.19. The Morgan fingerprint density at radius 1 is 1.30 bits per heavy atom. The molecule has 0 unspecified atom stereocenters. The summed E-state index contributed by atoms with van der Waals surface area (Å²) < 4.78 is 2.13. The van der Waals surface area contributed by atoms with Gasteiger partial charge >= 0.3 is 0 Å². The van der Waals surface area contributed by atoms with Gasteiger partial charge in [-0.05, 0) is 44.7 Å². The lowest BCUT2D eigenvalue weighted by molar-refractivity contribution is 0.0736. The first-order valence-electron chi connectivity index (χ1n) is 8.37. The molecule has 0 bridgehead atoms. The normalized spacial score (nSPS) is 15.1. The van der Waals surface area contributed by atoms with Gasteiger partial charge in [0.2, 0.25) is 0 Å². The molecule has 1 aliphatic rings. The number of carbonyl (C=O) groups excluding carboxylic acids is 1. The maximum Gasteiger partial charge on any atom is 0.274 e. The predicted molar refractivity (Wildman–Crippen MR) is 91.6 cm³/mol. The highest BCUT2D eigenvalue weighted by Crippen LogP contribution is 2.25. The van der Waals surface area contributed by atoms with Crippen molar-refractivity contribution in [2.75, 3.05) is 7.05 Å². The first kappa shape index (κ1) is 15.8. The van der Waals surface area contributed by atoms with Gasteiger partial charge < -0.3 is 9.47 Å². The molecule has 23 heavy (non-hydrogen) atoms. The summed E-state index contributed by atoms with van der Waals surface area (Å²) in [6.45, 7) is 7.25. The quantitative estimate of drug-likeness (QED) is 0.867. The minimum Gasteiger partial charge on any atom is -0.334 e. The summed E-state index contributed by atoms with van der Waals surface area (Å²) >= 11 is 0. The van der Waals surface area contributed by atoms with Gasteiger partial charge in [-0.3, -0.25) is 4.79 Å². The van der Waals surface area contributed by atoms with Crippen LogP contribution in [0.3, 0.4) is 0 Å². The molecule has 1 atom stereocenters. The molecule has 0 saturated carbocycles. The third kappa shape index (κ3) is 3.03. The van der Waals surface area contributed by atoms with E-state index >= 15 is 0 Å². The van der Waals surface area contributed by atoms with Crippen LogP contribution in [0.5, 0.6) is 0 Å². The van der Waals surface area contributed by atoms with Crippen molar-refractivity contribution in [2.24, 2.45) is 0 Å². The van der Waals surface area contributed by atoms with Crippen molar-refractivity contribution >= 4 is 5.91 Å². The van der Waals surface area contributed by atoms with Crippen molar-refractivity contribution in [1.29, 1.82) is 0 Å². The van der Waals surface area contributed by atoms with Crippen LogP contribution in [0.15, 0.2) is 24.4 Å². The van der Waals surface area contributed by atoms with Gasteiger partial charge in [-0.15, -0.1) is 0 Å². The number of fused-ring (bicyclic) bond motifs is 1. The number of imidazole rings is 1. The Morgan fingerprint density at radius 2 is 2.09 bits per heavy atom. The van der Waals surface area contributed by atoms with E-state index in [0.29, 0.717) is 5.69 Å². The van der Waals surface area contributed by atoms with Crippen molar-refractivity contribution in [1.82, 2.24) is 14.5 Å². The highest BCUT2D eigenvalue weighted by Gasteiger charge is 2.24. The minimum absolute atomic E-state index is 0.000579. The van der Waals surface area contributed by atoms with E-state index in [1.54, 1.807) is 4.90 Å². The summed E-state index contributed by atoms with van der Waals surface area (Å²) in [4.78, 5) is 19.2. The zero-order valence-electron chi connectivity index (χ0n) is 14.5. The van der Waals surface area contributed by atoms with E-state index in [1.807, 2.05) is 13.2 Å². The van der Waals surface area contributed by atoms with Crippen LogP contribution in [0, 0.1) is 13.8 Å². The average Bonchev–Trinajstić information content (AvgIpc) is 2.97. The Hall–Kier alpha value is -2.10. The number of aryl methyl sites for hydroxylation is 4. The molecule has 0 spiro atoms. The number of hydrogen-bond acceptors (Lipinski definition) is 2. The third-order valence-corrected chi connectivity index (χ3v) is 4.90. The second-order valence-electron chi connectivity index (χ2n) is 6.64. The molecular formula is C19H25N3O. The number of rotatable bonds is 3. The van der Waals surface area contributed by atoms with E-state index < -0.39 is 0 Å². The SMILES string of the molecule is Cc1ccc([C@H](C)N(C)C(=O)c2cn3c(n2)CCCC3)c(C)c1. The summed E-state index contributed by atoms with van der Waals surface area (Å²) in [6, 6.07) is 6.42. The smallest absolute Gasteiger partial charge is 0.274 e. The van der Waals surface area contributed by atoms with Crippen LogP contribution >= 0.6 is 0 Å². The summed E-state index contributed by atoms with van der Waals surface area (Å²) in [6.07, 6.45) is 5.23. The van der Waals surface area contributed by atoms with Crippen molar-refractivity contribution in [2.45, 2.75) is 52.6 Å². The number of aromatic nitrogens is 2. The van der Waals surface area contributed by atoms with Gasteiger partial charge in [0.25, 0.3) is 5.91 Å². The summed E-state index contributed by atoms with van der Waals surface area (Å²) in [5, 5.41) is 0. The zero-order chi connectivity index (χ0) is 16.6. The van der Waals surface area contributed by atoms with Gasteiger partial charge in [0.05, 0.1) is 6.04 Å². The van der Waals surface area contributed by atoms with Gasteiger partial charge in [-0.1, -0.05) is 23.8 Å². The summed E-state index contributed by atoms with van der Waals surface area (Å²) in [5.41, 5.74) is 4.23. The lowest BCUT2D eigenvalue weighted by Gasteiger charge is -2.26. The Morgan fingerprint density at radius 3 is 2.78 bits per heavy atom. The number of carbonyl (C=O) groups is 1. The van der Waals surface area contributed by atoms with Crippen LogP contribution in [0.25, 0.3) is 0 Å². The van der Waals surface area contributed by atoms with Gasteiger partial charge in [-0.2, -0.15) is 0 Å². The molecule has 4 nitrogen and oxygen atoms in total. The number of amides is 1. The number of benzene rings is 1. The topological polar surface area (TPSA) is 38.1 Å². The summed E-state index contributed by atoms with van der Waals surface area (Å²) in [7, 11) is 1.87. The minimum atomic E-state index is -0.000579. The molecule has 4 heteroatoms. The zero-order valence-corrected chi connectivity index (χ0v) is 14.5. The van der Waals surface area contributed by atoms with E-state index in [2.05, 4.69) is 48.5 Å². The van der Waals surface area contributed by atoms with Crippen molar-refractivity contribution in [3.05, 3.63) is 52.6 Å². The fraction of sp³-hybridized carbons (Fsp3) is 0.474. The first-order chi connectivity index (χ1) is 11.0. The monoisotopic (exact) mass is 311 g/mol. The number of nitrogens with zero attached hydrogens (tertiary/aromatic N) is 3.